The van der Waals surface area contributed by atoms with Crippen LogP contribution < -0.4 is 0 Å². The second kappa shape index (κ2) is 7.77. The highest BCUT2D eigenvalue weighted by molar-refractivity contribution is 6.30. The first-order valence-corrected chi connectivity index (χ1v) is 8.51. The Hall–Kier alpha value is -1.91. The molecule has 1 aliphatic rings. The van der Waals surface area contributed by atoms with Crippen LogP contribution >= 0.6 is 11.6 Å². The van der Waals surface area contributed by atoms with E-state index in [9.17, 15) is 9.18 Å². The third kappa shape index (κ3) is 4.34. The molecule has 1 amide bonds. The van der Waals surface area contributed by atoms with Gasteiger partial charge >= 0.3 is 0 Å². The minimum Gasteiger partial charge on any atom is -0.337 e. The van der Waals surface area contributed by atoms with Gasteiger partial charge in [0.25, 0.3) is 5.91 Å². The topological polar surface area (TPSA) is 23.6 Å². The molecular weight excluding hydrogens is 327 g/mol. The fraction of sp³-hybridized carbons (Fsp3) is 0.316. The standard InChI is InChI=1S/C19H20ClFN2O/c20-17-6-4-16(5-7-17)19(24)23-11-1-10-22(12-13-23)14-15-2-8-18(21)9-3-15/h2-9H,1,10-14H2. The van der Waals surface area contributed by atoms with Crippen molar-refractivity contribution in [2.75, 3.05) is 26.2 Å². The first-order chi connectivity index (χ1) is 11.6. The smallest absolute Gasteiger partial charge is 0.253 e. The van der Waals surface area contributed by atoms with Gasteiger partial charge in [-0.2, -0.15) is 0 Å². The molecule has 3 nitrogen and oxygen atoms in total. The van der Waals surface area contributed by atoms with E-state index < -0.39 is 0 Å². The summed E-state index contributed by atoms with van der Waals surface area (Å²) in [5.74, 6) is -0.162. The van der Waals surface area contributed by atoms with Crippen LogP contribution in [0, 0.1) is 5.82 Å². The lowest BCUT2D eigenvalue weighted by Gasteiger charge is -2.22. The molecule has 24 heavy (non-hydrogen) atoms. The van der Waals surface area contributed by atoms with Gasteiger partial charge in [0.1, 0.15) is 5.82 Å². The lowest BCUT2D eigenvalue weighted by atomic mass is 10.2. The van der Waals surface area contributed by atoms with Gasteiger partial charge in [0.15, 0.2) is 0 Å². The lowest BCUT2D eigenvalue weighted by molar-refractivity contribution is 0.0761. The molecule has 2 aromatic carbocycles. The number of carbonyl (C=O) groups excluding carboxylic acids is 1. The zero-order valence-electron chi connectivity index (χ0n) is 13.4. The van der Waals surface area contributed by atoms with E-state index in [1.54, 1.807) is 24.3 Å². The van der Waals surface area contributed by atoms with Crippen molar-refractivity contribution in [3.8, 4) is 0 Å². The van der Waals surface area contributed by atoms with Gasteiger partial charge in [0.05, 0.1) is 0 Å². The van der Waals surface area contributed by atoms with E-state index in [0.717, 1.165) is 38.2 Å². The maximum Gasteiger partial charge on any atom is 0.253 e. The molecule has 5 heteroatoms. The Morgan fingerprint density at radius 1 is 0.958 bits per heavy atom. The molecule has 1 heterocycles. The van der Waals surface area contributed by atoms with Gasteiger partial charge in [-0.15, -0.1) is 0 Å². The molecule has 0 spiro atoms. The predicted molar refractivity (Wildman–Crippen MR) is 93.6 cm³/mol. The molecule has 0 radical (unpaired) electrons. The fourth-order valence-electron chi connectivity index (χ4n) is 2.96. The van der Waals surface area contributed by atoms with Crippen molar-refractivity contribution in [1.29, 1.82) is 0 Å². The molecule has 1 fully saturated rings. The molecule has 0 aliphatic carbocycles. The van der Waals surface area contributed by atoms with Gasteiger partial charge in [0, 0.05) is 43.3 Å². The number of hydrogen-bond acceptors (Lipinski definition) is 2. The Labute approximate surface area is 146 Å². The van der Waals surface area contributed by atoms with Gasteiger partial charge in [-0.1, -0.05) is 23.7 Å². The van der Waals surface area contributed by atoms with Crippen LogP contribution in [0.25, 0.3) is 0 Å². The van der Waals surface area contributed by atoms with E-state index in [1.165, 1.54) is 12.1 Å². The normalized spacial score (nSPS) is 16.0. The van der Waals surface area contributed by atoms with Crippen molar-refractivity contribution in [2.24, 2.45) is 0 Å². The zero-order chi connectivity index (χ0) is 16.9. The van der Waals surface area contributed by atoms with Crippen LogP contribution in [0.2, 0.25) is 5.02 Å². The van der Waals surface area contributed by atoms with Crippen LogP contribution in [0.15, 0.2) is 48.5 Å². The van der Waals surface area contributed by atoms with E-state index in [-0.39, 0.29) is 11.7 Å². The average molecular weight is 347 g/mol. The van der Waals surface area contributed by atoms with Crippen LogP contribution in [0.4, 0.5) is 4.39 Å². The molecule has 1 aliphatic heterocycles. The zero-order valence-corrected chi connectivity index (χ0v) is 14.2. The summed E-state index contributed by atoms with van der Waals surface area (Å²) in [4.78, 5) is 16.8. The molecule has 0 atom stereocenters. The first-order valence-electron chi connectivity index (χ1n) is 8.13. The molecular formula is C19H20ClFN2O. The largest absolute Gasteiger partial charge is 0.337 e. The van der Waals surface area contributed by atoms with Crippen LogP contribution in [-0.4, -0.2) is 41.9 Å². The number of halogens is 2. The van der Waals surface area contributed by atoms with Crippen LogP contribution in [0.3, 0.4) is 0 Å². The number of benzene rings is 2. The summed E-state index contributed by atoms with van der Waals surface area (Å²) in [7, 11) is 0. The second-order valence-corrected chi connectivity index (χ2v) is 6.49. The summed E-state index contributed by atoms with van der Waals surface area (Å²) in [6, 6.07) is 13.6. The summed E-state index contributed by atoms with van der Waals surface area (Å²) in [5.41, 5.74) is 1.76. The maximum absolute atomic E-state index is 13.0. The molecule has 0 unspecified atom stereocenters. The van der Waals surface area contributed by atoms with Crippen LogP contribution in [0.1, 0.15) is 22.3 Å². The van der Waals surface area contributed by atoms with Crippen LogP contribution in [0.5, 0.6) is 0 Å². The Bertz CT molecular complexity index is 688. The summed E-state index contributed by atoms with van der Waals surface area (Å²) in [6.07, 6.45) is 0.931. The minimum absolute atomic E-state index is 0.0512. The van der Waals surface area contributed by atoms with Gasteiger partial charge in [-0.25, -0.2) is 4.39 Å². The van der Waals surface area contributed by atoms with E-state index in [1.807, 2.05) is 17.0 Å². The predicted octanol–water partition coefficient (Wildman–Crippen LogP) is 3.83. The fourth-order valence-corrected chi connectivity index (χ4v) is 3.08. The number of carbonyl (C=O) groups is 1. The highest BCUT2D eigenvalue weighted by atomic mass is 35.5. The van der Waals surface area contributed by atoms with Gasteiger partial charge in [-0.05, 0) is 48.4 Å². The Balaban J connectivity index is 1.59. The van der Waals surface area contributed by atoms with Crippen molar-refractivity contribution < 1.29 is 9.18 Å². The Kier molecular flexibility index (Phi) is 5.48. The summed E-state index contributed by atoms with van der Waals surface area (Å²) in [5, 5.41) is 0.632. The monoisotopic (exact) mass is 346 g/mol. The molecule has 0 saturated carbocycles. The third-order valence-electron chi connectivity index (χ3n) is 4.29. The quantitative estimate of drug-likeness (QED) is 0.843. The Morgan fingerprint density at radius 2 is 1.67 bits per heavy atom. The Morgan fingerprint density at radius 3 is 2.38 bits per heavy atom. The number of hydrogen-bond donors (Lipinski definition) is 0. The van der Waals surface area contributed by atoms with Crippen molar-refractivity contribution in [3.05, 3.63) is 70.5 Å². The average Bonchev–Trinajstić information content (AvgIpc) is 2.83. The van der Waals surface area contributed by atoms with Crippen LogP contribution in [-0.2, 0) is 6.54 Å². The SMILES string of the molecule is O=C(c1ccc(Cl)cc1)N1CCCN(Cc2ccc(F)cc2)CC1. The van der Waals surface area contributed by atoms with Crippen molar-refractivity contribution in [3.63, 3.8) is 0 Å². The molecule has 0 N–H and O–H groups in total. The molecule has 2 aromatic rings. The van der Waals surface area contributed by atoms with E-state index in [0.29, 0.717) is 17.1 Å². The molecule has 3 rings (SSSR count). The number of rotatable bonds is 3. The highest BCUT2D eigenvalue weighted by Gasteiger charge is 2.20. The third-order valence-corrected chi connectivity index (χ3v) is 4.54. The van der Waals surface area contributed by atoms with Gasteiger partial charge < -0.3 is 4.90 Å². The van der Waals surface area contributed by atoms with Crippen molar-refractivity contribution in [1.82, 2.24) is 9.80 Å². The van der Waals surface area contributed by atoms with Gasteiger partial charge in [0.2, 0.25) is 0 Å². The summed E-state index contributed by atoms with van der Waals surface area (Å²) >= 11 is 5.88. The van der Waals surface area contributed by atoms with Gasteiger partial charge in [-0.3, -0.25) is 9.69 Å². The molecule has 0 bridgehead atoms. The number of nitrogens with zero attached hydrogens (tertiary/aromatic N) is 2. The first kappa shape index (κ1) is 16.9. The van der Waals surface area contributed by atoms with E-state index in [4.69, 9.17) is 11.6 Å². The molecule has 1 saturated heterocycles. The summed E-state index contributed by atoms with van der Waals surface area (Å²) in [6.45, 7) is 3.98. The molecule has 0 aromatic heterocycles. The van der Waals surface area contributed by atoms with E-state index in [2.05, 4.69) is 4.90 Å². The number of amides is 1. The maximum atomic E-state index is 13.0. The van der Waals surface area contributed by atoms with Crippen molar-refractivity contribution in [2.45, 2.75) is 13.0 Å². The lowest BCUT2D eigenvalue weighted by Crippen LogP contribution is -2.35. The minimum atomic E-state index is -0.214. The highest BCUT2D eigenvalue weighted by Crippen LogP contribution is 2.14. The van der Waals surface area contributed by atoms with Crippen molar-refractivity contribution >= 4 is 17.5 Å². The van der Waals surface area contributed by atoms with E-state index >= 15 is 0 Å². The summed E-state index contributed by atoms with van der Waals surface area (Å²) < 4.78 is 13.0. The molecule has 126 valence electrons. The second-order valence-electron chi connectivity index (χ2n) is 6.06.